The van der Waals surface area contributed by atoms with E-state index in [1.807, 2.05) is 12.1 Å². The molecule has 6 nitrogen and oxygen atoms in total. The van der Waals surface area contributed by atoms with Crippen molar-refractivity contribution in [3.8, 4) is 0 Å². The Kier molecular flexibility index (Phi) is 5.32. The molecule has 0 aliphatic carbocycles. The first kappa shape index (κ1) is 16.7. The third-order valence-electron chi connectivity index (χ3n) is 3.59. The molecule has 0 radical (unpaired) electrons. The lowest BCUT2D eigenvalue weighted by atomic mass is 10.2. The van der Waals surface area contributed by atoms with Crippen molar-refractivity contribution in [2.75, 3.05) is 38.3 Å². The number of nitrogens with zero attached hydrogens (tertiary/aromatic N) is 2. The van der Waals surface area contributed by atoms with E-state index in [1.54, 1.807) is 24.4 Å². The molecule has 0 unspecified atom stereocenters. The molecule has 1 aromatic heterocycles. The number of aliphatic imine (C=N–C) groups is 1. The molecule has 1 aromatic carbocycles. The third kappa shape index (κ3) is 3.85. The summed E-state index contributed by atoms with van der Waals surface area (Å²) < 4.78 is 16.8. The van der Waals surface area contributed by atoms with Crippen LogP contribution >= 0.6 is 15.9 Å². The highest BCUT2D eigenvalue weighted by Gasteiger charge is 2.18. The van der Waals surface area contributed by atoms with Crippen LogP contribution in [-0.2, 0) is 9.47 Å². The van der Waals surface area contributed by atoms with Crippen LogP contribution in [0.4, 0.5) is 11.6 Å². The van der Waals surface area contributed by atoms with Crippen molar-refractivity contribution < 1.29 is 18.7 Å². The molecule has 2 aromatic rings. The lowest BCUT2D eigenvalue weighted by Gasteiger charge is -2.26. The minimum Gasteiger partial charge on any atom is -0.465 e. The standard InChI is InChI=1S/C17H17BrN2O4/c1-22-17(21)12-3-2-4-13(9-12)19-11-14-10-15(18)16(24-14)20-5-7-23-8-6-20/h2-4,9-11H,5-8H2,1H3. The Hall–Kier alpha value is -2.12. The third-order valence-corrected chi connectivity index (χ3v) is 4.16. The number of halogens is 1. The lowest BCUT2D eigenvalue weighted by Crippen LogP contribution is -2.36. The predicted molar refractivity (Wildman–Crippen MR) is 94.5 cm³/mol. The average molecular weight is 393 g/mol. The number of furan rings is 1. The van der Waals surface area contributed by atoms with Gasteiger partial charge in [0.2, 0.25) is 5.88 Å². The number of anilines is 1. The van der Waals surface area contributed by atoms with Crippen molar-refractivity contribution in [3.63, 3.8) is 0 Å². The molecule has 1 aliphatic rings. The van der Waals surface area contributed by atoms with Gasteiger partial charge in [0.25, 0.3) is 0 Å². The minimum atomic E-state index is -0.387. The summed E-state index contributed by atoms with van der Waals surface area (Å²) in [6.07, 6.45) is 1.63. The van der Waals surface area contributed by atoms with Gasteiger partial charge in [-0.3, -0.25) is 4.99 Å². The Labute approximate surface area is 148 Å². The number of benzene rings is 1. The Morgan fingerprint density at radius 1 is 1.33 bits per heavy atom. The summed E-state index contributed by atoms with van der Waals surface area (Å²) in [6, 6.07) is 8.80. The molecule has 0 N–H and O–H groups in total. The Bertz CT molecular complexity index is 751. The van der Waals surface area contributed by atoms with E-state index in [0.29, 0.717) is 30.2 Å². The monoisotopic (exact) mass is 392 g/mol. The van der Waals surface area contributed by atoms with Gasteiger partial charge in [0.05, 0.1) is 42.3 Å². The number of esters is 1. The van der Waals surface area contributed by atoms with Crippen molar-refractivity contribution in [3.05, 3.63) is 46.1 Å². The second-order valence-corrected chi connectivity index (χ2v) is 6.06. The predicted octanol–water partition coefficient (Wildman–Crippen LogP) is 3.42. The summed E-state index contributed by atoms with van der Waals surface area (Å²) in [5.41, 5.74) is 1.11. The van der Waals surface area contributed by atoms with E-state index in [9.17, 15) is 4.79 Å². The summed E-state index contributed by atoms with van der Waals surface area (Å²) in [4.78, 5) is 18.0. The van der Waals surface area contributed by atoms with Gasteiger partial charge in [0.15, 0.2) is 0 Å². The summed E-state index contributed by atoms with van der Waals surface area (Å²) >= 11 is 3.52. The van der Waals surface area contributed by atoms with Crippen LogP contribution < -0.4 is 4.90 Å². The van der Waals surface area contributed by atoms with E-state index in [0.717, 1.165) is 23.4 Å². The van der Waals surface area contributed by atoms with E-state index in [2.05, 4.69) is 25.8 Å². The van der Waals surface area contributed by atoms with Gasteiger partial charge in [0.1, 0.15) is 5.76 Å². The maximum absolute atomic E-state index is 11.5. The van der Waals surface area contributed by atoms with Gasteiger partial charge < -0.3 is 18.8 Å². The fourth-order valence-corrected chi connectivity index (χ4v) is 2.95. The van der Waals surface area contributed by atoms with Crippen molar-refractivity contribution in [1.29, 1.82) is 0 Å². The smallest absolute Gasteiger partial charge is 0.337 e. The summed E-state index contributed by atoms with van der Waals surface area (Å²) in [5.74, 6) is 1.03. The number of hydrogen-bond acceptors (Lipinski definition) is 6. The van der Waals surface area contributed by atoms with Crippen LogP contribution in [0.2, 0.25) is 0 Å². The number of rotatable bonds is 4. The van der Waals surface area contributed by atoms with Gasteiger partial charge in [0, 0.05) is 19.2 Å². The van der Waals surface area contributed by atoms with E-state index in [1.165, 1.54) is 7.11 Å². The first-order valence-electron chi connectivity index (χ1n) is 7.52. The van der Waals surface area contributed by atoms with Crippen molar-refractivity contribution in [1.82, 2.24) is 0 Å². The first-order valence-corrected chi connectivity index (χ1v) is 8.31. The number of hydrogen-bond donors (Lipinski definition) is 0. The van der Waals surface area contributed by atoms with E-state index in [-0.39, 0.29) is 5.97 Å². The van der Waals surface area contributed by atoms with Crippen LogP contribution in [-0.4, -0.2) is 45.6 Å². The van der Waals surface area contributed by atoms with Gasteiger partial charge in [-0.2, -0.15) is 0 Å². The van der Waals surface area contributed by atoms with Crippen LogP contribution in [0.5, 0.6) is 0 Å². The van der Waals surface area contributed by atoms with E-state index >= 15 is 0 Å². The zero-order valence-corrected chi connectivity index (χ0v) is 14.8. The molecule has 2 heterocycles. The topological polar surface area (TPSA) is 64.3 Å². The van der Waals surface area contributed by atoms with Crippen LogP contribution in [0.1, 0.15) is 16.1 Å². The zero-order chi connectivity index (χ0) is 16.9. The molecule has 0 saturated carbocycles. The average Bonchev–Trinajstić information content (AvgIpc) is 3.01. The Morgan fingerprint density at radius 3 is 2.88 bits per heavy atom. The quantitative estimate of drug-likeness (QED) is 0.589. The maximum Gasteiger partial charge on any atom is 0.337 e. The number of ether oxygens (including phenoxy) is 2. The van der Waals surface area contributed by atoms with Crippen LogP contribution in [0.15, 0.2) is 44.2 Å². The molecule has 1 fully saturated rings. The second-order valence-electron chi connectivity index (χ2n) is 5.20. The number of carbonyl (C=O) groups excluding carboxylic acids is 1. The summed E-state index contributed by atoms with van der Waals surface area (Å²) in [6.45, 7) is 2.97. The second kappa shape index (κ2) is 7.63. The molecule has 3 rings (SSSR count). The molecule has 0 amide bonds. The Balaban J connectivity index is 1.76. The Morgan fingerprint density at radius 2 is 2.12 bits per heavy atom. The van der Waals surface area contributed by atoms with Gasteiger partial charge in [-0.1, -0.05) is 6.07 Å². The number of morpholine rings is 1. The lowest BCUT2D eigenvalue weighted by molar-refractivity contribution is 0.0601. The summed E-state index contributed by atoms with van der Waals surface area (Å²) in [7, 11) is 1.35. The fourth-order valence-electron chi connectivity index (χ4n) is 2.39. The molecule has 1 saturated heterocycles. The fraction of sp³-hybridized carbons (Fsp3) is 0.294. The normalized spacial score (nSPS) is 15.0. The molecular weight excluding hydrogens is 376 g/mol. The number of carbonyl (C=O) groups is 1. The molecule has 0 bridgehead atoms. The first-order chi connectivity index (χ1) is 11.7. The molecule has 126 valence electrons. The molecule has 1 aliphatic heterocycles. The maximum atomic E-state index is 11.5. The largest absolute Gasteiger partial charge is 0.465 e. The van der Waals surface area contributed by atoms with Gasteiger partial charge >= 0.3 is 5.97 Å². The highest BCUT2D eigenvalue weighted by Crippen LogP contribution is 2.30. The van der Waals surface area contributed by atoms with Crippen molar-refractivity contribution >= 4 is 39.7 Å². The zero-order valence-electron chi connectivity index (χ0n) is 13.2. The van der Waals surface area contributed by atoms with Crippen molar-refractivity contribution in [2.45, 2.75) is 0 Å². The van der Waals surface area contributed by atoms with E-state index < -0.39 is 0 Å². The highest BCUT2D eigenvalue weighted by atomic mass is 79.9. The van der Waals surface area contributed by atoms with Crippen molar-refractivity contribution in [2.24, 2.45) is 4.99 Å². The SMILES string of the molecule is COC(=O)c1cccc(N=Cc2cc(Br)c(N3CCOCC3)o2)c1. The molecule has 7 heteroatoms. The molecule has 0 spiro atoms. The van der Waals surface area contributed by atoms with Gasteiger partial charge in [-0.15, -0.1) is 0 Å². The minimum absolute atomic E-state index is 0.387. The van der Waals surface area contributed by atoms with E-state index in [4.69, 9.17) is 13.9 Å². The van der Waals surface area contributed by atoms with Crippen LogP contribution in [0.25, 0.3) is 0 Å². The van der Waals surface area contributed by atoms with Crippen LogP contribution in [0.3, 0.4) is 0 Å². The number of methoxy groups -OCH3 is 1. The molecule has 24 heavy (non-hydrogen) atoms. The highest BCUT2D eigenvalue weighted by molar-refractivity contribution is 9.10. The summed E-state index contributed by atoms with van der Waals surface area (Å²) in [5, 5.41) is 0. The molecular formula is C17H17BrN2O4. The van der Waals surface area contributed by atoms with Gasteiger partial charge in [-0.25, -0.2) is 4.79 Å². The van der Waals surface area contributed by atoms with Gasteiger partial charge in [-0.05, 0) is 34.1 Å². The van der Waals surface area contributed by atoms with Crippen LogP contribution in [0, 0.1) is 0 Å². The molecule has 0 atom stereocenters.